The van der Waals surface area contributed by atoms with E-state index in [1.54, 1.807) is 57.3 Å². The average molecular weight is 469 g/mol. The minimum absolute atomic E-state index is 0.0813. The molecule has 0 radical (unpaired) electrons. The number of ketones is 1. The Balaban J connectivity index is 2.00. The Kier molecular flexibility index (Phi) is 6.73. The summed E-state index contributed by atoms with van der Waals surface area (Å²) in [6.07, 6.45) is 0. The monoisotopic (exact) mass is 468 g/mol. The highest BCUT2D eigenvalue weighted by Crippen LogP contribution is 2.29. The summed E-state index contributed by atoms with van der Waals surface area (Å²) in [7, 11) is -2.41. The van der Waals surface area contributed by atoms with Crippen molar-refractivity contribution in [2.45, 2.75) is 39.5 Å². The quantitative estimate of drug-likeness (QED) is 0.533. The number of sulfonamides is 1. The molecule has 0 aliphatic heterocycles. The fourth-order valence-electron chi connectivity index (χ4n) is 3.77. The number of rotatable bonds is 7. The Morgan fingerprint density at radius 1 is 1.00 bits per heavy atom. The van der Waals surface area contributed by atoms with E-state index < -0.39 is 22.5 Å². The van der Waals surface area contributed by atoms with Gasteiger partial charge in [0.15, 0.2) is 5.78 Å². The summed E-state index contributed by atoms with van der Waals surface area (Å²) in [6.45, 7) is 8.10. The van der Waals surface area contributed by atoms with E-state index in [0.29, 0.717) is 28.3 Å². The Morgan fingerprint density at radius 2 is 1.58 bits per heavy atom. The molecular weight excluding hydrogens is 440 g/mol. The van der Waals surface area contributed by atoms with Gasteiger partial charge in [0.05, 0.1) is 17.1 Å². The molecule has 1 amide bonds. The molecule has 8 nitrogen and oxygen atoms in total. The maximum absolute atomic E-state index is 13.8. The number of nitrogens with one attached hydrogen (secondary N) is 1. The third-order valence-corrected chi connectivity index (χ3v) is 7.37. The first-order valence-electron chi connectivity index (χ1n) is 10.4. The molecule has 0 atom stereocenters. The van der Waals surface area contributed by atoms with E-state index in [9.17, 15) is 18.0 Å². The highest BCUT2D eigenvalue weighted by molar-refractivity contribution is 7.93. The van der Waals surface area contributed by atoms with Crippen LogP contribution in [0, 0.1) is 27.7 Å². The van der Waals surface area contributed by atoms with Crippen LogP contribution in [0.1, 0.15) is 39.8 Å². The summed E-state index contributed by atoms with van der Waals surface area (Å²) in [5, 5.41) is 6.96. The molecule has 0 saturated heterocycles. The van der Waals surface area contributed by atoms with Crippen LogP contribution in [0.25, 0.3) is 0 Å². The standard InChI is InChI=1S/C24H28N4O4S/c1-15-11-16(2)13-22(12-15)28(33(31,32)24-17(3)26-27(6)18(24)4)14-23(30)25-21-9-7-20(8-10-21)19(5)29/h7-13H,14H2,1-6H3,(H,25,30). The van der Waals surface area contributed by atoms with Crippen molar-refractivity contribution in [3.8, 4) is 0 Å². The van der Waals surface area contributed by atoms with Gasteiger partial charge in [-0.15, -0.1) is 0 Å². The van der Waals surface area contributed by atoms with Crippen molar-refractivity contribution in [1.29, 1.82) is 0 Å². The molecule has 1 heterocycles. The second kappa shape index (κ2) is 9.19. The van der Waals surface area contributed by atoms with E-state index in [-0.39, 0.29) is 10.7 Å². The summed E-state index contributed by atoms with van der Waals surface area (Å²) in [5.41, 5.74) is 4.01. The lowest BCUT2D eigenvalue weighted by molar-refractivity contribution is -0.114. The topological polar surface area (TPSA) is 101 Å². The van der Waals surface area contributed by atoms with Crippen LogP contribution in [-0.4, -0.2) is 36.4 Å². The molecule has 0 bridgehead atoms. The molecule has 0 aliphatic rings. The van der Waals surface area contributed by atoms with Crippen LogP contribution < -0.4 is 9.62 Å². The zero-order valence-corrected chi connectivity index (χ0v) is 20.4. The molecule has 9 heteroatoms. The molecule has 2 aromatic carbocycles. The number of benzene rings is 2. The van der Waals surface area contributed by atoms with Crippen molar-refractivity contribution in [1.82, 2.24) is 9.78 Å². The van der Waals surface area contributed by atoms with Gasteiger partial charge in [0.1, 0.15) is 11.4 Å². The molecule has 174 valence electrons. The second-order valence-corrected chi connectivity index (χ2v) is 9.96. The Bertz CT molecular complexity index is 1300. The minimum Gasteiger partial charge on any atom is -0.325 e. The van der Waals surface area contributed by atoms with E-state index in [1.165, 1.54) is 11.6 Å². The smallest absolute Gasteiger partial charge is 0.268 e. The van der Waals surface area contributed by atoms with Crippen molar-refractivity contribution in [3.05, 3.63) is 70.5 Å². The van der Waals surface area contributed by atoms with Gasteiger partial charge in [-0.2, -0.15) is 5.10 Å². The fourth-order valence-corrected chi connectivity index (χ4v) is 5.58. The van der Waals surface area contributed by atoms with Crippen LogP contribution in [0.15, 0.2) is 47.4 Å². The lowest BCUT2D eigenvalue weighted by atomic mass is 10.1. The van der Waals surface area contributed by atoms with Crippen LogP contribution in [0.4, 0.5) is 11.4 Å². The number of hydrogen-bond donors (Lipinski definition) is 1. The number of amides is 1. The van der Waals surface area contributed by atoms with Gasteiger partial charge in [0.2, 0.25) is 5.91 Å². The molecule has 3 rings (SSSR count). The average Bonchev–Trinajstić information content (AvgIpc) is 2.97. The zero-order chi connectivity index (χ0) is 24.5. The number of aryl methyl sites for hydroxylation is 4. The molecule has 0 aliphatic carbocycles. The molecule has 33 heavy (non-hydrogen) atoms. The van der Waals surface area contributed by atoms with Crippen LogP contribution >= 0.6 is 0 Å². The highest BCUT2D eigenvalue weighted by Gasteiger charge is 2.32. The number of carbonyl (C=O) groups excluding carboxylic acids is 2. The van der Waals surface area contributed by atoms with E-state index in [4.69, 9.17) is 0 Å². The Morgan fingerprint density at radius 3 is 2.06 bits per heavy atom. The predicted octanol–water partition coefficient (Wildman–Crippen LogP) is 3.69. The second-order valence-electron chi connectivity index (χ2n) is 8.16. The molecule has 1 aromatic heterocycles. The van der Waals surface area contributed by atoms with Crippen molar-refractivity contribution < 1.29 is 18.0 Å². The third kappa shape index (κ3) is 5.14. The first-order valence-corrected chi connectivity index (χ1v) is 11.9. The first-order chi connectivity index (χ1) is 15.4. The van der Waals surface area contributed by atoms with E-state index in [2.05, 4.69) is 10.4 Å². The number of hydrogen-bond acceptors (Lipinski definition) is 5. The summed E-state index contributed by atoms with van der Waals surface area (Å²) < 4.78 is 30.2. The van der Waals surface area contributed by atoms with Crippen LogP contribution in [0.3, 0.4) is 0 Å². The van der Waals surface area contributed by atoms with Crippen LogP contribution in [-0.2, 0) is 21.9 Å². The molecule has 0 unspecified atom stereocenters. The van der Waals surface area contributed by atoms with Gasteiger partial charge in [0, 0.05) is 18.3 Å². The van der Waals surface area contributed by atoms with E-state index in [0.717, 1.165) is 15.4 Å². The normalized spacial score (nSPS) is 11.3. The molecule has 0 spiro atoms. The summed E-state index contributed by atoms with van der Waals surface area (Å²) >= 11 is 0. The third-order valence-electron chi connectivity index (χ3n) is 5.35. The highest BCUT2D eigenvalue weighted by atomic mass is 32.2. The Labute approximate surface area is 194 Å². The summed E-state index contributed by atoms with van der Waals surface area (Å²) in [6, 6.07) is 11.9. The number of anilines is 2. The van der Waals surface area contributed by atoms with Crippen LogP contribution in [0.2, 0.25) is 0 Å². The Hall–Kier alpha value is -3.46. The van der Waals surface area contributed by atoms with Crippen molar-refractivity contribution in [3.63, 3.8) is 0 Å². The van der Waals surface area contributed by atoms with Crippen molar-refractivity contribution >= 4 is 33.1 Å². The van der Waals surface area contributed by atoms with E-state index in [1.807, 2.05) is 19.9 Å². The minimum atomic E-state index is -4.09. The van der Waals surface area contributed by atoms with Crippen molar-refractivity contribution in [2.75, 3.05) is 16.2 Å². The molecular formula is C24H28N4O4S. The molecule has 0 fully saturated rings. The zero-order valence-electron chi connectivity index (χ0n) is 19.6. The SMILES string of the molecule is CC(=O)c1ccc(NC(=O)CN(c2cc(C)cc(C)c2)S(=O)(=O)c2c(C)nn(C)c2C)cc1. The lowest BCUT2D eigenvalue weighted by Crippen LogP contribution is -2.38. The maximum atomic E-state index is 13.8. The van der Waals surface area contributed by atoms with Gasteiger partial charge in [-0.1, -0.05) is 6.07 Å². The van der Waals surface area contributed by atoms with Crippen molar-refractivity contribution in [2.24, 2.45) is 7.05 Å². The fraction of sp³-hybridized carbons (Fsp3) is 0.292. The van der Waals surface area contributed by atoms with Gasteiger partial charge in [-0.25, -0.2) is 8.42 Å². The summed E-state index contributed by atoms with van der Waals surface area (Å²) in [4.78, 5) is 24.5. The molecule has 0 saturated carbocycles. The number of aromatic nitrogens is 2. The maximum Gasteiger partial charge on any atom is 0.268 e. The molecule has 3 aromatic rings. The van der Waals surface area contributed by atoms with Gasteiger partial charge in [-0.05, 0) is 82.1 Å². The van der Waals surface area contributed by atoms with E-state index >= 15 is 0 Å². The molecule has 1 N–H and O–H groups in total. The first kappa shape index (κ1) is 24.2. The van der Waals surface area contributed by atoms with Crippen LogP contribution in [0.5, 0.6) is 0 Å². The number of Topliss-reactive ketones (excluding diaryl/α,β-unsaturated/α-hetero) is 1. The largest absolute Gasteiger partial charge is 0.325 e. The van der Waals surface area contributed by atoms with Gasteiger partial charge in [-0.3, -0.25) is 18.6 Å². The van der Waals surface area contributed by atoms with Gasteiger partial charge < -0.3 is 5.32 Å². The van der Waals surface area contributed by atoms with Gasteiger partial charge in [0.25, 0.3) is 10.0 Å². The number of carbonyl (C=O) groups is 2. The summed E-state index contributed by atoms with van der Waals surface area (Å²) in [5.74, 6) is -0.588. The predicted molar refractivity (Wildman–Crippen MR) is 128 cm³/mol. The number of nitrogens with zero attached hydrogens (tertiary/aromatic N) is 3. The lowest BCUT2D eigenvalue weighted by Gasteiger charge is -2.25. The van der Waals surface area contributed by atoms with Gasteiger partial charge >= 0.3 is 0 Å².